The maximum absolute atomic E-state index is 12.1. The molecule has 0 aliphatic rings. The summed E-state index contributed by atoms with van der Waals surface area (Å²) < 4.78 is 10.1. The molecule has 0 spiro atoms. The Labute approximate surface area is 132 Å². The van der Waals surface area contributed by atoms with Gasteiger partial charge in [-0.05, 0) is 22.9 Å². The maximum Gasteiger partial charge on any atom is 0.342 e. The zero-order valence-electron chi connectivity index (χ0n) is 12.7. The van der Waals surface area contributed by atoms with E-state index < -0.39 is 24.5 Å². The Bertz CT molecular complexity index is 757. The number of amides is 3. The van der Waals surface area contributed by atoms with Gasteiger partial charge in [-0.2, -0.15) is 0 Å². The van der Waals surface area contributed by atoms with Crippen molar-refractivity contribution in [2.45, 2.75) is 0 Å². The predicted octanol–water partition coefficient (Wildman–Crippen LogP) is 1.46. The molecule has 2 rings (SSSR count). The Hall–Kier alpha value is -3.09. The van der Waals surface area contributed by atoms with Crippen LogP contribution in [0.4, 0.5) is 4.79 Å². The van der Waals surface area contributed by atoms with Crippen LogP contribution in [0.5, 0.6) is 5.75 Å². The number of hydrogen-bond donors (Lipinski definition) is 2. The van der Waals surface area contributed by atoms with Gasteiger partial charge >= 0.3 is 12.0 Å². The molecule has 7 heteroatoms. The lowest BCUT2D eigenvalue weighted by atomic mass is 10.1. The van der Waals surface area contributed by atoms with Gasteiger partial charge in [0.25, 0.3) is 5.91 Å². The molecule has 0 radical (unpaired) electrons. The average molecular weight is 316 g/mol. The van der Waals surface area contributed by atoms with Gasteiger partial charge in [-0.3, -0.25) is 10.1 Å². The monoisotopic (exact) mass is 316 g/mol. The summed E-state index contributed by atoms with van der Waals surface area (Å²) in [5.74, 6) is -1.09. The molecular formula is C16H16N2O5. The molecular weight excluding hydrogens is 300 g/mol. The highest BCUT2D eigenvalue weighted by Gasteiger charge is 2.17. The average Bonchev–Trinajstić information content (AvgIpc) is 2.58. The predicted molar refractivity (Wildman–Crippen MR) is 83.4 cm³/mol. The van der Waals surface area contributed by atoms with Crippen LogP contribution >= 0.6 is 0 Å². The SMILES string of the molecule is CNC(=O)NC(=O)COC(=O)c1cc2ccccc2cc1OC. The second-order valence-electron chi connectivity index (χ2n) is 4.60. The number of carbonyl (C=O) groups excluding carboxylic acids is 3. The minimum Gasteiger partial charge on any atom is -0.496 e. The molecule has 3 amide bonds. The first-order valence-corrected chi connectivity index (χ1v) is 6.80. The van der Waals surface area contributed by atoms with Crippen LogP contribution in [0.15, 0.2) is 36.4 Å². The van der Waals surface area contributed by atoms with Gasteiger partial charge in [-0.15, -0.1) is 0 Å². The van der Waals surface area contributed by atoms with Crippen LogP contribution in [-0.2, 0) is 9.53 Å². The molecule has 0 bridgehead atoms. The first kappa shape index (κ1) is 16.3. The number of urea groups is 1. The summed E-state index contributed by atoms with van der Waals surface area (Å²) in [7, 11) is 2.81. The number of imide groups is 1. The number of rotatable bonds is 4. The number of esters is 1. The van der Waals surface area contributed by atoms with Gasteiger partial charge in [0.05, 0.1) is 7.11 Å². The summed E-state index contributed by atoms with van der Waals surface area (Å²) in [6, 6.07) is 10.1. The van der Waals surface area contributed by atoms with Crippen molar-refractivity contribution in [1.29, 1.82) is 0 Å². The smallest absolute Gasteiger partial charge is 0.342 e. The summed E-state index contributed by atoms with van der Waals surface area (Å²) in [5, 5.41) is 5.98. The van der Waals surface area contributed by atoms with Gasteiger partial charge < -0.3 is 14.8 Å². The van der Waals surface area contributed by atoms with Crippen LogP contribution < -0.4 is 15.4 Å². The second-order valence-corrected chi connectivity index (χ2v) is 4.60. The van der Waals surface area contributed by atoms with Gasteiger partial charge in [0.15, 0.2) is 6.61 Å². The zero-order valence-corrected chi connectivity index (χ0v) is 12.7. The van der Waals surface area contributed by atoms with Crippen LogP contribution in [0.3, 0.4) is 0 Å². The molecule has 120 valence electrons. The van der Waals surface area contributed by atoms with Crippen molar-refractivity contribution >= 4 is 28.7 Å². The lowest BCUT2D eigenvalue weighted by Crippen LogP contribution is -2.39. The third kappa shape index (κ3) is 3.97. The van der Waals surface area contributed by atoms with Crippen LogP contribution in [-0.4, -0.2) is 38.7 Å². The van der Waals surface area contributed by atoms with E-state index in [9.17, 15) is 14.4 Å². The lowest BCUT2D eigenvalue weighted by molar-refractivity contribution is -0.123. The van der Waals surface area contributed by atoms with E-state index in [-0.39, 0.29) is 5.56 Å². The lowest BCUT2D eigenvalue weighted by Gasteiger charge is -2.10. The van der Waals surface area contributed by atoms with E-state index in [0.29, 0.717) is 5.75 Å². The Kier molecular flexibility index (Phi) is 5.14. The Morgan fingerprint density at radius 1 is 1.09 bits per heavy atom. The topological polar surface area (TPSA) is 93.7 Å². The van der Waals surface area contributed by atoms with E-state index in [2.05, 4.69) is 5.32 Å². The molecule has 0 fully saturated rings. The molecule has 0 heterocycles. The van der Waals surface area contributed by atoms with E-state index in [1.165, 1.54) is 14.2 Å². The van der Waals surface area contributed by atoms with Crippen molar-refractivity contribution in [3.8, 4) is 5.75 Å². The highest BCUT2D eigenvalue weighted by atomic mass is 16.5. The highest BCUT2D eigenvalue weighted by molar-refractivity contribution is 6.00. The summed E-state index contributed by atoms with van der Waals surface area (Å²) in [4.78, 5) is 34.6. The molecule has 2 aromatic carbocycles. The summed E-state index contributed by atoms with van der Waals surface area (Å²) in [6.45, 7) is -0.567. The standard InChI is InChI=1S/C16H16N2O5/c1-17-16(21)18-14(19)9-23-15(20)12-7-10-5-3-4-6-11(10)8-13(12)22-2/h3-8H,9H2,1-2H3,(H2,17,18,19,21). The van der Waals surface area contributed by atoms with Crippen molar-refractivity contribution < 1.29 is 23.9 Å². The number of methoxy groups -OCH3 is 1. The van der Waals surface area contributed by atoms with E-state index in [1.807, 2.05) is 29.6 Å². The molecule has 0 unspecified atom stereocenters. The second kappa shape index (κ2) is 7.26. The van der Waals surface area contributed by atoms with Crippen LogP contribution in [0.25, 0.3) is 10.8 Å². The fraction of sp³-hybridized carbons (Fsp3) is 0.188. The van der Waals surface area contributed by atoms with Crippen LogP contribution in [0, 0.1) is 0 Å². The quantitative estimate of drug-likeness (QED) is 0.833. The minimum atomic E-state index is -0.725. The van der Waals surface area contributed by atoms with E-state index in [1.54, 1.807) is 12.1 Å². The summed E-state index contributed by atoms with van der Waals surface area (Å²) in [5.41, 5.74) is 0.207. The van der Waals surface area contributed by atoms with E-state index >= 15 is 0 Å². The van der Waals surface area contributed by atoms with Crippen molar-refractivity contribution in [3.05, 3.63) is 42.0 Å². The Morgan fingerprint density at radius 3 is 2.35 bits per heavy atom. The molecule has 0 atom stereocenters. The van der Waals surface area contributed by atoms with Crippen molar-refractivity contribution in [2.75, 3.05) is 20.8 Å². The van der Waals surface area contributed by atoms with Crippen LogP contribution in [0.1, 0.15) is 10.4 Å². The molecule has 0 saturated carbocycles. The number of benzene rings is 2. The molecule has 7 nitrogen and oxygen atoms in total. The third-order valence-electron chi connectivity index (χ3n) is 3.10. The Balaban J connectivity index is 2.14. The number of ether oxygens (including phenoxy) is 2. The third-order valence-corrected chi connectivity index (χ3v) is 3.10. The largest absolute Gasteiger partial charge is 0.496 e. The summed E-state index contributed by atoms with van der Waals surface area (Å²) in [6.07, 6.45) is 0. The van der Waals surface area contributed by atoms with Gasteiger partial charge in [0.1, 0.15) is 11.3 Å². The van der Waals surface area contributed by atoms with Crippen LogP contribution in [0.2, 0.25) is 0 Å². The zero-order chi connectivity index (χ0) is 16.8. The van der Waals surface area contributed by atoms with Gasteiger partial charge in [-0.25, -0.2) is 9.59 Å². The molecule has 2 N–H and O–H groups in total. The normalized spacial score (nSPS) is 10.0. The van der Waals surface area contributed by atoms with Gasteiger partial charge in [0, 0.05) is 7.05 Å². The first-order valence-electron chi connectivity index (χ1n) is 6.80. The highest BCUT2D eigenvalue weighted by Crippen LogP contribution is 2.26. The van der Waals surface area contributed by atoms with Crippen molar-refractivity contribution in [3.63, 3.8) is 0 Å². The van der Waals surface area contributed by atoms with E-state index in [0.717, 1.165) is 10.8 Å². The van der Waals surface area contributed by atoms with Gasteiger partial charge in [0.2, 0.25) is 0 Å². The minimum absolute atomic E-state index is 0.207. The number of hydrogen-bond acceptors (Lipinski definition) is 5. The molecule has 2 aromatic rings. The molecule has 0 aliphatic heterocycles. The molecule has 0 saturated heterocycles. The molecule has 0 aliphatic carbocycles. The van der Waals surface area contributed by atoms with Crippen molar-refractivity contribution in [2.24, 2.45) is 0 Å². The first-order chi connectivity index (χ1) is 11.0. The number of fused-ring (bicyclic) bond motifs is 1. The number of nitrogens with one attached hydrogen (secondary N) is 2. The summed E-state index contributed by atoms with van der Waals surface area (Å²) >= 11 is 0. The van der Waals surface area contributed by atoms with E-state index in [4.69, 9.17) is 9.47 Å². The fourth-order valence-corrected chi connectivity index (χ4v) is 1.98. The fourth-order valence-electron chi connectivity index (χ4n) is 1.98. The van der Waals surface area contributed by atoms with Gasteiger partial charge in [-0.1, -0.05) is 24.3 Å². The van der Waals surface area contributed by atoms with Crippen molar-refractivity contribution in [1.82, 2.24) is 10.6 Å². The molecule has 0 aromatic heterocycles. The Morgan fingerprint density at radius 2 is 1.74 bits per heavy atom. The molecule has 23 heavy (non-hydrogen) atoms. The number of carbonyl (C=O) groups is 3. The maximum atomic E-state index is 12.1.